The Kier molecular flexibility index (Phi) is 7.26. The molecular formula is C59H38N2. The van der Waals surface area contributed by atoms with E-state index in [4.69, 9.17) is 0 Å². The number of para-hydroxylation sites is 2. The Balaban J connectivity index is 0.990. The summed E-state index contributed by atoms with van der Waals surface area (Å²) in [6.07, 6.45) is 0. The minimum atomic E-state index is -0.422. The highest BCUT2D eigenvalue weighted by molar-refractivity contribution is 6.10. The number of hydrogen-bond donors (Lipinski definition) is 0. The van der Waals surface area contributed by atoms with Crippen molar-refractivity contribution < 1.29 is 0 Å². The lowest BCUT2D eigenvalue weighted by Crippen LogP contribution is -2.26. The molecule has 2 heteroatoms. The Labute approximate surface area is 354 Å². The van der Waals surface area contributed by atoms with E-state index in [-0.39, 0.29) is 0 Å². The van der Waals surface area contributed by atoms with Crippen LogP contribution in [0.5, 0.6) is 0 Å². The first kappa shape index (κ1) is 34.0. The molecule has 1 aromatic heterocycles. The fourth-order valence-corrected chi connectivity index (χ4v) is 10.8. The molecule has 0 saturated heterocycles. The number of benzene rings is 10. The number of aromatic nitrogens is 1. The maximum absolute atomic E-state index is 2.48. The molecule has 284 valence electrons. The summed E-state index contributed by atoms with van der Waals surface area (Å²) in [6.45, 7) is 0. The summed E-state index contributed by atoms with van der Waals surface area (Å²) in [6, 6.07) is 85.3. The smallest absolute Gasteiger partial charge is 0.0726 e. The highest BCUT2D eigenvalue weighted by Gasteiger charge is 2.51. The van der Waals surface area contributed by atoms with Gasteiger partial charge < -0.3 is 9.47 Å². The Morgan fingerprint density at radius 1 is 0.311 bits per heavy atom. The van der Waals surface area contributed by atoms with E-state index in [0.29, 0.717) is 0 Å². The monoisotopic (exact) mass is 774 g/mol. The molecular weight excluding hydrogens is 737 g/mol. The lowest BCUT2D eigenvalue weighted by molar-refractivity contribution is 0.793. The first-order valence-corrected chi connectivity index (χ1v) is 21.2. The minimum Gasteiger partial charge on any atom is -0.310 e. The maximum Gasteiger partial charge on any atom is 0.0726 e. The van der Waals surface area contributed by atoms with Gasteiger partial charge in [0.05, 0.1) is 16.4 Å². The Morgan fingerprint density at radius 3 is 1.56 bits per heavy atom. The van der Waals surface area contributed by atoms with Crippen LogP contribution in [0, 0.1) is 0 Å². The summed E-state index contributed by atoms with van der Waals surface area (Å²) < 4.78 is 2.39. The zero-order valence-electron chi connectivity index (χ0n) is 33.3. The van der Waals surface area contributed by atoms with Gasteiger partial charge >= 0.3 is 0 Å². The number of rotatable bonds is 5. The normalized spacial score (nSPS) is 13.0. The van der Waals surface area contributed by atoms with Crippen molar-refractivity contribution in [3.05, 3.63) is 253 Å². The van der Waals surface area contributed by atoms with Gasteiger partial charge in [-0.25, -0.2) is 0 Å². The van der Waals surface area contributed by atoms with Gasteiger partial charge in [-0.2, -0.15) is 0 Å². The van der Waals surface area contributed by atoms with Crippen LogP contribution in [0.4, 0.5) is 17.1 Å². The molecule has 0 radical (unpaired) electrons. The van der Waals surface area contributed by atoms with Crippen LogP contribution >= 0.6 is 0 Å². The van der Waals surface area contributed by atoms with Crippen LogP contribution in [0.1, 0.15) is 22.3 Å². The summed E-state index contributed by atoms with van der Waals surface area (Å²) >= 11 is 0. The van der Waals surface area contributed by atoms with E-state index in [1.54, 1.807) is 0 Å². The topological polar surface area (TPSA) is 8.17 Å². The van der Waals surface area contributed by atoms with Crippen LogP contribution in [-0.4, -0.2) is 4.57 Å². The van der Waals surface area contributed by atoms with E-state index >= 15 is 0 Å². The van der Waals surface area contributed by atoms with E-state index < -0.39 is 5.41 Å². The van der Waals surface area contributed by atoms with E-state index in [2.05, 4.69) is 240 Å². The molecule has 0 unspecified atom stereocenters. The van der Waals surface area contributed by atoms with Crippen LogP contribution in [0.25, 0.3) is 71.6 Å². The van der Waals surface area contributed by atoms with Crippen molar-refractivity contribution >= 4 is 49.6 Å². The van der Waals surface area contributed by atoms with Gasteiger partial charge in [0.15, 0.2) is 0 Å². The van der Waals surface area contributed by atoms with Crippen LogP contribution in [-0.2, 0) is 5.41 Å². The molecule has 13 rings (SSSR count). The summed E-state index contributed by atoms with van der Waals surface area (Å²) in [7, 11) is 0. The molecule has 11 aromatic rings. The number of fused-ring (bicyclic) bond motifs is 14. The molecule has 1 spiro atoms. The Hall–Kier alpha value is -7.94. The van der Waals surface area contributed by atoms with E-state index in [9.17, 15) is 0 Å². The second-order valence-electron chi connectivity index (χ2n) is 16.5. The molecule has 0 amide bonds. The molecule has 0 fully saturated rings. The molecule has 1 heterocycles. The average molecular weight is 775 g/mol. The SMILES string of the molecule is c1ccc(-n2c3ccccc3c3ccc(-c4ccc(N(c5ccc6c(c5)C5(c7ccccc7-c7ccccc75)c5ccccc5-6)c5ccc6ccccc6c5)cc4)cc32)cc1. The molecule has 10 aromatic carbocycles. The molecule has 0 N–H and O–H groups in total. The molecule has 0 aliphatic heterocycles. The average Bonchev–Trinajstić information content (AvgIpc) is 3.93. The van der Waals surface area contributed by atoms with Gasteiger partial charge in [0.25, 0.3) is 0 Å². The highest BCUT2D eigenvalue weighted by Crippen LogP contribution is 2.63. The molecule has 2 nitrogen and oxygen atoms in total. The molecule has 0 saturated carbocycles. The van der Waals surface area contributed by atoms with Crippen LogP contribution in [0.15, 0.2) is 231 Å². The second kappa shape index (κ2) is 13.0. The first-order valence-electron chi connectivity index (χ1n) is 21.2. The lowest BCUT2D eigenvalue weighted by Gasteiger charge is -2.32. The van der Waals surface area contributed by atoms with Crippen molar-refractivity contribution in [2.24, 2.45) is 0 Å². The quantitative estimate of drug-likeness (QED) is 0.169. The van der Waals surface area contributed by atoms with Crippen LogP contribution < -0.4 is 4.90 Å². The van der Waals surface area contributed by atoms with Gasteiger partial charge in [0, 0.05) is 33.5 Å². The van der Waals surface area contributed by atoms with Gasteiger partial charge in [-0.1, -0.05) is 170 Å². The van der Waals surface area contributed by atoms with E-state index in [1.807, 2.05) is 0 Å². The van der Waals surface area contributed by atoms with Crippen molar-refractivity contribution in [2.45, 2.75) is 5.41 Å². The third-order valence-corrected chi connectivity index (χ3v) is 13.4. The third kappa shape index (κ3) is 4.85. The standard InChI is InChI=1S/C59H38N2/c1-2-16-43(17-3-1)61-57-25-13-9-21-51(57)52-34-29-42(37-58(52)61)40-26-30-44(31-27-40)60(45-32-28-39-14-4-5-15-41(39)36-45)46-33-35-50-49-20-8-12-24-55(49)59(56(50)38-46)53-22-10-6-18-47(53)48-19-7-11-23-54(48)59/h1-38H. The molecule has 2 aliphatic carbocycles. The van der Waals surface area contributed by atoms with Crippen molar-refractivity contribution in [1.82, 2.24) is 4.57 Å². The fraction of sp³-hybridized carbons (Fsp3) is 0.0169. The molecule has 0 bridgehead atoms. The summed E-state index contributed by atoms with van der Waals surface area (Å²) in [4.78, 5) is 2.44. The first-order chi connectivity index (χ1) is 30.3. The minimum absolute atomic E-state index is 0.422. The zero-order chi connectivity index (χ0) is 40.1. The van der Waals surface area contributed by atoms with Gasteiger partial charge in [-0.15, -0.1) is 0 Å². The van der Waals surface area contributed by atoms with Gasteiger partial charge in [0.2, 0.25) is 0 Å². The fourth-order valence-electron chi connectivity index (χ4n) is 10.8. The second-order valence-corrected chi connectivity index (χ2v) is 16.5. The Bertz CT molecular complexity index is 3470. The predicted octanol–water partition coefficient (Wildman–Crippen LogP) is 15.4. The number of anilines is 3. The number of nitrogens with zero attached hydrogens (tertiary/aromatic N) is 2. The molecule has 2 aliphatic rings. The van der Waals surface area contributed by atoms with Gasteiger partial charge in [-0.3, -0.25) is 0 Å². The van der Waals surface area contributed by atoms with Crippen LogP contribution in [0.3, 0.4) is 0 Å². The zero-order valence-corrected chi connectivity index (χ0v) is 33.3. The van der Waals surface area contributed by atoms with E-state index in [1.165, 1.54) is 88.2 Å². The lowest BCUT2D eigenvalue weighted by atomic mass is 9.70. The summed E-state index contributed by atoms with van der Waals surface area (Å²) in [5.74, 6) is 0. The van der Waals surface area contributed by atoms with Crippen molar-refractivity contribution in [3.63, 3.8) is 0 Å². The predicted molar refractivity (Wildman–Crippen MR) is 255 cm³/mol. The van der Waals surface area contributed by atoms with Crippen LogP contribution in [0.2, 0.25) is 0 Å². The summed E-state index contributed by atoms with van der Waals surface area (Å²) in [5.41, 5.74) is 19.5. The highest BCUT2D eigenvalue weighted by atomic mass is 15.1. The maximum atomic E-state index is 2.48. The Morgan fingerprint density at radius 2 is 0.836 bits per heavy atom. The van der Waals surface area contributed by atoms with Crippen molar-refractivity contribution in [2.75, 3.05) is 4.90 Å². The molecule has 0 atom stereocenters. The van der Waals surface area contributed by atoms with Crippen molar-refractivity contribution in [3.8, 4) is 39.1 Å². The van der Waals surface area contributed by atoms with E-state index in [0.717, 1.165) is 22.7 Å². The third-order valence-electron chi connectivity index (χ3n) is 13.4. The van der Waals surface area contributed by atoms with Crippen molar-refractivity contribution in [1.29, 1.82) is 0 Å². The largest absolute Gasteiger partial charge is 0.310 e. The molecule has 61 heavy (non-hydrogen) atoms. The van der Waals surface area contributed by atoms with Gasteiger partial charge in [0.1, 0.15) is 0 Å². The summed E-state index contributed by atoms with van der Waals surface area (Å²) in [5, 5.41) is 4.96. The number of hydrogen-bond acceptors (Lipinski definition) is 1. The van der Waals surface area contributed by atoms with Gasteiger partial charge in [-0.05, 0) is 127 Å².